The fourth-order valence-electron chi connectivity index (χ4n) is 2.86. The standard InChI is InChI=1S/C18H29NO2/c1-3-16(19)13-15-8-4-7-14(2)18(15)21-12-6-10-17-9-5-11-20-17/h4,7-8,16-17H,3,5-6,9-13,19H2,1-2H3. The van der Waals surface area contributed by atoms with Crippen molar-refractivity contribution >= 4 is 0 Å². The third-order valence-corrected chi connectivity index (χ3v) is 4.24. The number of nitrogens with two attached hydrogens (primary N) is 1. The average Bonchev–Trinajstić information content (AvgIpc) is 2.99. The van der Waals surface area contributed by atoms with Gasteiger partial charge in [-0.1, -0.05) is 25.1 Å². The summed E-state index contributed by atoms with van der Waals surface area (Å²) < 4.78 is 11.7. The van der Waals surface area contributed by atoms with Crippen LogP contribution in [0.1, 0.15) is 50.2 Å². The van der Waals surface area contributed by atoms with Crippen LogP contribution >= 0.6 is 0 Å². The highest BCUT2D eigenvalue weighted by atomic mass is 16.5. The Labute approximate surface area is 128 Å². The van der Waals surface area contributed by atoms with Crippen LogP contribution in [0.4, 0.5) is 0 Å². The number of rotatable bonds is 8. The quantitative estimate of drug-likeness (QED) is 0.744. The van der Waals surface area contributed by atoms with Crippen molar-refractivity contribution in [1.29, 1.82) is 0 Å². The van der Waals surface area contributed by atoms with Gasteiger partial charge in [0.05, 0.1) is 12.7 Å². The molecule has 2 rings (SSSR count). The van der Waals surface area contributed by atoms with Crippen LogP contribution in [-0.4, -0.2) is 25.4 Å². The van der Waals surface area contributed by atoms with Crippen LogP contribution in [0.5, 0.6) is 5.75 Å². The van der Waals surface area contributed by atoms with Gasteiger partial charge in [-0.2, -0.15) is 0 Å². The van der Waals surface area contributed by atoms with Crippen LogP contribution in [0.2, 0.25) is 0 Å². The maximum atomic E-state index is 6.09. The molecule has 0 radical (unpaired) electrons. The van der Waals surface area contributed by atoms with Crippen LogP contribution in [0.25, 0.3) is 0 Å². The molecule has 1 aliphatic heterocycles. The minimum absolute atomic E-state index is 0.209. The molecule has 0 aromatic heterocycles. The lowest BCUT2D eigenvalue weighted by Gasteiger charge is -2.17. The van der Waals surface area contributed by atoms with Gasteiger partial charge in [-0.05, 0) is 56.6 Å². The molecule has 2 unspecified atom stereocenters. The first-order chi connectivity index (χ1) is 10.2. The molecule has 1 aromatic carbocycles. The second kappa shape index (κ2) is 8.40. The zero-order valence-corrected chi connectivity index (χ0v) is 13.4. The van der Waals surface area contributed by atoms with E-state index in [1.807, 2.05) is 0 Å². The largest absolute Gasteiger partial charge is 0.493 e. The van der Waals surface area contributed by atoms with Crippen LogP contribution < -0.4 is 10.5 Å². The van der Waals surface area contributed by atoms with Crippen molar-refractivity contribution in [2.45, 2.75) is 64.5 Å². The highest BCUT2D eigenvalue weighted by molar-refractivity contribution is 5.41. The minimum Gasteiger partial charge on any atom is -0.493 e. The normalized spacial score (nSPS) is 19.7. The lowest BCUT2D eigenvalue weighted by atomic mass is 10.0. The summed E-state index contributed by atoms with van der Waals surface area (Å²) in [7, 11) is 0. The van der Waals surface area contributed by atoms with E-state index in [1.54, 1.807) is 0 Å². The van der Waals surface area contributed by atoms with E-state index in [1.165, 1.54) is 24.0 Å². The molecule has 1 aliphatic rings. The van der Waals surface area contributed by atoms with Gasteiger partial charge in [0.15, 0.2) is 0 Å². The molecule has 1 aromatic rings. The second-order valence-electron chi connectivity index (χ2n) is 6.06. The maximum absolute atomic E-state index is 6.09. The average molecular weight is 291 g/mol. The summed E-state index contributed by atoms with van der Waals surface area (Å²) >= 11 is 0. The Bertz CT molecular complexity index is 427. The van der Waals surface area contributed by atoms with Gasteiger partial charge in [0, 0.05) is 12.6 Å². The number of para-hydroxylation sites is 1. The van der Waals surface area contributed by atoms with Gasteiger partial charge in [0.1, 0.15) is 5.75 Å². The molecule has 3 heteroatoms. The Kier molecular flexibility index (Phi) is 6.52. The number of benzene rings is 1. The van der Waals surface area contributed by atoms with Crippen molar-refractivity contribution in [2.75, 3.05) is 13.2 Å². The predicted octanol–water partition coefficient (Wildman–Crippen LogP) is 3.61. The van der Waals surface area contributed by atoms with Crippen LogP contribution in [0.15, 0.2) is 18.2 Å². The van der Waals surface area contributed by atoms with E-state index in [0.717, 1.165) is 44.6 Å². The van der Waals surface area contributed by atoms with Gasteiger partial charge in [-0.25, -0.2) is 0 Å². The molecule has 1 fully saturated rings. The second-order valence-corrected chi connectivity index (χ2v) is 6.06. The topological polar surface area (TPSA) is 44.5 Å². The predicted molar refractivity (Wildman–Crippen MR) is 86.9 cm³/mol. The third-order valence-electron chi connectivity index (χ3n) is 4.24. The first kappa shape index (κ1) is 16.3. The summed E-state index contributed by atoms with van der Waals surface area (Å²) in [6.45, 7) is 5.93. The number of hydrogen-bond donors (Lipinski definition) is 1. The molecule has 118 valence electrons. The third kappa shape index (κ3) is 5.01. The molecule has 21 heavy (non-hydrogen) atoms. The van der Waals surface area contributed by atoms with Crippen molar-refractivity contribution < 1.29 is 9.47 Å². The Morgan fingerprint density at radius 1 is 1.43 bits per heavy atom. The molecule has 2 N–H and O–H groups in total. The highest BCUT2D eigenvalue weighted by Gasteiger charge is 2.15. The van der Waals surface area contributed by atoms with E-state index < -0.39 is 0 Å². The summed E-state index contributed by atoms with van der Waals surface area (Å²) in [6.07, 6.45) is 6.92. The van der Waals surface area contributed by atoms with Gasteiger partial charge in [-0.15, -0.1) is 0 Å². The molecule has 0 amide bonds. The Morgan fingerprint density at radius 3 is 3.00 bits per heavy atom. The summed E-state index contributed by atoms with van der Waals surface area (Å²) in [5.41, 5.74) is 8.53. The van der Waals surface area contributed by atoms with E-state index >= 15 is 0 Å². The van der Waals surface area contributed by atoms with Crippen molar-refractivity contribution in [3.8, 4) is 5.75 Å². The van der Waals surface area contributed by atoms with Crippen LogP contribution in [0.3, 0.4) is 0 Å². The van der Waals surface area contributed by atoms with E-state index in [2.05, 4.69) is 32.0 Å². The van der Waals surface area contributed by atoms with E-state index in [0.29, 0.717) is 6.10 Å². The van der Waals surface area contributed by atoms with Crippen LogP contribution in [0, 0.1) is 6.92 Å². The van der Waals surface area contributed by atoms with E-state index in [4.69, 9.17) is 15.2 Å². The molecule has 0 aliphatic carbocycles. The van der Waals surface area contributed by atoms with Gasteiger partial charge >= 0.3 is 0 Å². The zero-order chi connectivity index (χ0) is 15.1. The molecule has 3 nitrogen and oxygen atoms in total. The van der Waals surface area contributed by atoms with Gasteiger partial charge in [0.2, 0.25) is 0 Å². The Morgan fingerprint density at radius 2 is 2.29 bits per heavy atom. The van der Waals surface area contributed by atoms with Gasteiger partial charge in [-0.3, -0.25) is 0 Å². The Hall–Kier alpha value is -1.06. The Balaban J connectivity index is 1.85. The minimum atomic E-state index is 0.209. The zero-order valence-electron chi connectivity index (χ0n) is 13.4. The smallest absolute Gasteiger partial charge is 0.125 e. The van der Waals surface area contributed by atoms with Crippen molar-refractivity contribution in [2.24, 2.45) is 5.73 Å². The molecular weight excluding hydrogens is 262 g/mol. The first-order valence-electron chi connectivity index (χ1n) is 8.29. The lowest BCUT2D eigenvalue weighted by Crippen LogP contribution is -2.22. The van der Waals surface area contributed by atoms with Gasteiger partial charge in [0.25, 0.3) is 0 Å². The number of aryl methyl sites for hydroxylation is 1. The molecule has 0 bridgehead atoms. The first-order valence-corrected chi connectivity index (χ1v) is 8.29. The maximum Gasteiger partial charge on any atom is 0.125 e. The molecule has 0 spiro atoms. The van der Waals surface area contributed by atoms with Crippen LogP contribution in [-0.2, 0) is 11.2 Å². The van der Waals surface area contributed by atoms with E-state index in [-0.39, 0.29) is 6.04 Å². The lowest BCUT2D eigenvalue weighted by molar-refractivity contribution is 0.0980. The molecular formula is C18H29NO2. The fourth-order valence-corrected chi connectivity index (χ4v) is 2.86. The summed E-state index contributed by atoms with van der Waals surface area (Å²) in [6, 6.07) is 6.54. The molecule has 1 saturated heterocycles. The van der Waals surface area contributed by atoms with Crippen molar-refractivity contribution in [1.82, 2.24) is 0 Å². The van der Waals surface area contributed by atoms with Gasteiger partial charge < -0.3 is 15.2 Å². The number of ether oxygens (including phenoxy) is 2. The van der Waals surface area contributed by atoms with Crippen molar-refractivity contribution in [3.63, 3.8) is 0 Å². The summed E-state index contributed by atoms with van der Waals surface area (Å²) in [4.78, 5) is 0. The summed E-state index contributed by atoms with van der Waals surface area (Å²) in [5.74, 6) is 1.04. The molecule has 1 heterocycles. The fraction of sp³-hybridized carbons (Fsp3) is 0.667. The SMILES string of the molecule is CCC(N)Cc1cccc(C)c1OCCCC1CCCO1. The summed E-state index contributed by atoms with van der Waals surface area (Å²) in [5, 5.41) is 0. The molecule has 0 saturated carbocycles. The van der Waals surface area contributed by atoms with Crippen molar-refractivity contribution in [3.05, 3.63) is 29.3 Å². The van der Waals surface area contributed by atoms with E-state index in [9.17, 15) is 0 Å². The number of hydrogen-bond acceptors (Lipinski definition) is 3. The molecule has 2 atom stereocenters. The monoisotopic (exact) mass is 291 g/mol. The highest BCUT2D eigenvalue weighted by Crippen LogP contribution is 2.25.